The van der Waals surface area contributed by atoms with Crippen molar-refractivity contribution in [2.75, 3.05) is 0 Å². The van der Waals surface area contributed by atoms with E-state index in [9.17, 15) is 0 Å². The van der Waals surface area contributed by atoms with Crippen LogP contribution >= 0.6 is 0 Å². The lowest BCUT2D eigenvalue weighted by molar-refractivity contribution is 0.419. The minimum absolute atomic E-state index is 0.470. The van der Waals surface area contributed by atoms with Crippen LogP contribution in [0.4, 0.5) is 0 Å². The average molecular weight is 265 g/mol. The molecule has 1 heteroatoms. The number of fused-ring (bicyclic) bond motifs is 1. The number of nitrogens with one attached hydrogen (secondary N) is 1. The Bertz CT molecular complexity index is 547. The second-order valence-corrected chi connectivity index (χ2v) is 5.71. The minimum atomic E-state index is 0.470. The molecule has 0 spiro atoms. The van der Waals surface area contributed by atoms with Crippen molar-refractivity contribution >= 4 is 0 Å². The first kappa shape index (κ1) is 13.4. The third kappa shape index (κ3) is 2.78. The molecule has 0 aliphatic heterocycles. The SMILES string of the molecule is CCCC(NC1CCc2ccccc21)c1ccccc1. The molecule has 0 aromatic heterocycles. The standard InChI is InChI=1S/C19H23N/c1-2-8-18(16-10-4-3-5-11-16)20-19-14-13-15-9-6-7-12-17(15)19/h3-7,9-12,18-20H,2,8,13-14H2,1H3. The Morgan fingerprint density at radius 2 is 1.80 bits per heavy atom. The zero-order valence-corrected chi connectivity index (χ0v) is 12.2. The summed E-state index contributed by atoms with van der Waals surface area (Å²) in [5, 5.41) is 3.89. The normalized spacial score (nSPS) is 18.8. The van der Waals surface area contributed by atoms with E-state index >= 15 is 0 Å². The van der Waals surface area contributed by atoms with Gasteiger partial charge in [-0.15, -0.1) is 0 Å². The molecule has 0 bridgehead atoms. The van der Waals surface area contributed by atoms with Crippen LogP contribution in [0.15, 0.2) is 54.6 Å². The van der Waals surface area contributed by atoms with Crippen LogP contribution in [0.5, 0.6) is 0 Å². The van der Waals surface area contributed by atoms with E-state index in [4.69, 9.17) is 0 Å². The third-order valence-electron chi connectivity index (χ3n) is 4.31. The number of rotatable bonds is 5. The summed E-state index contributed by atoms with van der Waals surface area (Å²) >= 11 is 0. The van der Waals surface area contributed by atoms with Crippen LogP contribution in [0.25, 0.3) is 0 Å². The zero-order valence-electron chi connectivity index (χ0n) is 12.2. The molecule has 1 aliphatic carbocycles. The van der Waals surface area contributed by atoms with E-state index in [1.165, 1.54) is 42.4 Å². The zero-order chi connectivity index (χ0) is 13.8. The van der Waals surface area contributed by atoms with E-state index < -0.39 is 0 Å². The lowest BCUT2D eigenvalue weighted by Gasteiger charge is -2.24. The molecule has 2 aromatic carbocycles. The summed E-state index contributed by atoms with van der Waals surface area (Å²) in [5.41, 5.74) is 4.44. The van der Waals surface area contributed by atoms with Gasteiger partial charge in [0.25, 0.3) is 0 Å². The molecule has 0 saturated carbocycles. The van der Waals surface area contributed by atoms with Crippen LogP contribution in [-0.4, -0.2) is 0 Å². The van der Waals surface area contributed by atoms with Crippen LogP contribution in [0.3, 0.4) is 0 Å². The Hall–Kier alpha value is -1.60. The summed E-state index contributed by atoms with van der Waals surface area (Å²) < 4.78 is 0. The number of hydrogen-bond donors (Lipinski definition) is 1. The van der Waals surface area contributed by atoms with Crippen molar-refractivity contribution in [3.05, 3.63) is 71.3 Å². The van der Waals surface area contributed by atoms with Gasteiger partial charge in [0.15, 0.2) is 0 Å². The molecular weight excluding hydrogens is 242 g/mol. The highest BCUT2D eigenvalue weighted by Gasteiger charge is 2.24. The van der Waals surface area contributed by atoms with Crippen molar-refractivity contribution in [3.63, 3.8) is 0 Å². The fourth-order valence-corrected chi connectivity index (χ4v) is 3.29. The number of benzene rings is 2. The predicted octanol–water partition coefficient (Wildman–Crippen LogP) is 4.80. The predicted molar refractivity (Wildman–Crippen MR) is 84.7 cm³/mol. The molecule has 2 atom stereocenters. The molecule has 0 saturated heterocycles. The lowest BCUT2D eigenvalue weighted by Crippen LogP contribution is -2.25. The van der Waals surface area contributed by atoms with E-state index in [0.29, 0.717) is 12.1 Å². The van der Waals surface area contributed by atoms with E-state index in [1.54, 1.807) is 0 Å². The molecule has 1 nitrogen and oxygen atoms in total. The van der Waals surface area contributed by atoms with Crippen molar-refractivity contribution < 1.29 is 0 Å². The first-order chi connectivity index (χ1) is 9.88. The quantitative estimate of drug-likeness (QED) is 0.818. The Labute approximate surface area is 122 Å². The Morgan fingerprint density at radius 1 is 1.05 bits per heavy atom. The van der Waals surface area contributed by atoms with Crippen LogP contribution < -0.4 is 5.32 Å². The molecular formula is C19H23N. The third-order valence-corrected chi connectivity index (χ3v) is 4.31. The molecule has 1 aliphatic rings. The molecule has 1 N–H and O–H groups in total. The van der Waals surface area contributed by atoms with Gasteiger partial charge >= 0.3 is 0 Å². The maximum absolute atomic E-state index is 3.89. The summed E-state index contributed by atoms with van der Waals surface area (Å²) in [5.74, 6) is 0. The van der Waals surface area contributed by atoms with Crippen LogP contribution in [0, 0.1) is 0 Å². The van der Waals surface area contributed by atoms with Gasteiger partial charge in [-0.3, -0.25) is 0 Å². The van der Waals surface area contributed by atoms with Gasteiger partial charge in [0, 0.05) is 12.1 Å². The van der Waals surface area contributed by atoms with E-state index in [2.05, 4.69) is 66.8 Å². The summed E-state index contributed by atoms with van der Waals surface area (Å²) in [4.78, 5) is 0. The van der Waals surface area contributed by atoms with Crippen LogP contribution in [0.1, 0.15) is 55.0 Å². The molecule has 0 radical (unpaired) electrons. The van der Waals surface area contributed by atoms with Crippen LogP contribution in [0.2, 0.25) is 0 Å². The Kier molecular flexibility index (Phi) is 4.17. The van der Waals surface area contributed by atoms with E-state index in [-0.39, 0.29) is 0 Å². The monoisotopic (exact) mass is 265 g/mol. The second-order valence-electron chi connectivity index (χ2n) is 5.71. The summed E-state index contributed by atoms with van der Waals surface area (Å²) in [7, 11) is 0. The maximum atomic E-state index is 3.89. The fraction of sp³-hybridized carbons (Fsp3) is 0.368. The van der Waals surface area contributed by atoms with Gasteiger partial charge in [0.1, 0.15) is 0 Å². The van der Waals surface area contributed by atoms with E-state index in [1.807, 2.05) is 0 Å². The first-order valence-corrected chi connectivity index (χ1v) is 7.77. The molecule has 20 heavy (non-hydrogen) atoms. The highest BCUT2D eigenvalue weighted by molar-refractivity contribution is 5.34. The number of aryl methyl sites for hydroxylation is 1. The van der Waals surface area contributed by atoms with Crippen LogP contribution in [-0.2, 0) is 6.42 Å². The Morgan fingerprint density at radius 3 is 2.60 bits per heavy atom. The van der Waals surface area contributed by atoms with Crippen molar-refractivity contribution in [2.45, 2.75) is 44.7 Å². The Balaban J connectivity index is 1.78. The van der Waals surface area contributed by atoms with Gasteiger partial charge in [-0.1, -0.05) is 67.9 Å². The maximum Gasteiger partial charge on any atom is 0.0331 e. The smallest absolute Gasteiger partial charge is 0.0331 e. The van der Waals surface area contributed by atoms with Gasteiger partial charge in [-0.25, -0.2) is 0 Å². The van der Waals surface area contributed by atoms with Gasteiger partial charge in [-0.2, -0.15) is 0 Å². The van der Waals surface area contributed by atoms with Gasteiger partial charge in [-0.05, 0) is 36.0 Å². The molecule has 0 fully saturated rings. The summed E-state index contributed by atoms with van der Waals surface area (Å²) in [6.45, 7) is 2.26. The minimum Gasteiger partial charge on any atom is -0.303 e. The molecule has 3 rings (SSSR count). The van der Waals surface area contributed by atoms with Crippen molar-refractivity contribution in [3.8, 4) is 0 Å². The van der Waals surface area contributed by atoms with Gasteiger partial charge < -0.3 is 5.32 Å². The van der Waals surface area contributed by atoms with Crippen molar-refractivity contribution in [2.24, 2.45) is 0 Å². The fourth-order valence-electron chi connectivity index (χ4n) is 3.29. The molecule has 0 heterocycles. The summed E-state index contributed by atoms with van der Waals surface area (Å²) in [6.07, 6.45) is 4.84. The molecule has 104 valence electrons. The largest absolute Gasteiger partial charge is 0.303 e. The van der Waals surface area contributed by atoms with Gasteiger partial charge in [0.05, 0.1) is 0 Å². The topological polar surface area (TPSA) is 12.0 Å². The molecule has 2 unspecified atom stereocenters. The summed E-state index contributed by atoms with van der Waals surface area (Å²) in [6, 6.07) is 20.7. The second kappa shape index (κ2) is 6.23. The van der Waals surface area contributed by atoms with E-state index in [0.717, 1.165) is 0 Å². The molecule has 0 amide bonds. The van der Waals surface area contributed by atoms with Crippen molar-refractivity contribution in [1.29, 1.82) is 0 Å². The highest BCUT2D eigenvalue weighted by Crippen LogP contribution is 2.33. The van der Waals surface area contributed by atoms with Crippen molar-refractivity contribution in [1.82, 2.24) is 5.32 Å². The number of hydrogen-bond acceptors (Lipinski definition) is 1. The lowest BCUT2D eigenvalue weighted by atomic mass is 10.00. The molecule has 2 aromatic rings. The highest BCUT2D eigenvalue weighted by atomic mass is 15.0. The average Bonchev–Trinajstić information content (AvgIpc) is 2.91. The first-order valence-electron chi connectivity index (χ1n) is 7.77. The van der Waals surface area contributed by atoms with Gasteiger partial charge in [0.2, 0.25) is 0 Å².